The highest BCUT2D eigenvalue weighted by molar-refractivity contribution is 14.1. The van der Waals surface area contributed by atoms with Gasteiger partial charge in [0.15, 0.2) is 0 Å². The lowest BCUT2D eigenvalue weighted by atomic mass is 9.98. The van der Waals surface area contributed by atoms with Gasteiger partial charge < -0.3 is 10.2 Å². The van der Waals surface area contributed by atoms with Gasteiger partial charge in [-0.1, -0.05) is 12.1 Å². The fourth-order valence-corrected chi connectivity index (χ4v) is 4.07. The van der Waals surface area contributed by atoms with Gasteiger partial charge in [-0.15, -0.1) is 11.3 Å². The summed E-state index contributed by atoms with van der Waals surface area (Å²) in [5.74, 6) is 0.170. The predicted octanol–water partition coefficient (Wildman–Crippen LogP) is 3.18. The van der Waals surface area contributed by atoms with E-state index in [0.29, 0.717) is 6.42 Å². The zero-order valence-electron chi connectivity index (χ0n) is 11.3. The first-order chi connectivity index (χ1) is 9.60. The highest BCUT2D eigenvalue weighted by Gasteiger charge is 2.25. The fraction of sp³-hybridized carbons (Fsp3) is 0.267. The molecular weight excluding hydrogens is 383 g/mol. The molecule has 0 spiro atoms. The maximum absolute atomic E-state index is 11.8. The van der Waals surface area contributed by atoms with Crippen LogP contribution in [0.2, 0.25) is 0 Å². The molecule has 5 heteroatoms. The topological polar surface area (TPSA) is 32.3 Å². The lowest BCUT2D eigenvalue weighted by Crippen LogP contribution is -2.20. The normalized spacial score (nSPS) is 15.6. The molecule has 0 bridgehead atoms. The van der Waals surface area contributed by atoms with E-state index in [1.807, 2.05) is 14.1 Å². The Kier molecular flexibility index (Phi) is 3.83. The van der Waals surface area contributed by atoms with E-state index in [1.165, 1.54) is 14.0 Å². The van der Waals surface area contributed by atoms with Crippen LogP contribution >= 0.6 is 33.9 Å². The molecule has 1 aliphatic heterocycles. The smallest absolute Gasteiger partial charge is 0.231 e. The molecule has 1 aliphatic rings. The molecule has 1 N–H and O–H groups in total. The Bertz CT molecular complexity index is 668. The molecule has 1 unspecified atom stereocenters. The number of rotatable bonds is 3. The van der Waals surface area contributed by atoms with E-state index in [2.05, 4.69) is 57.6 Å². The van der Waals surface area contributed by atoms with Crippen molar-refractivity contribution in [1.82, 2.24) is 5.32 Å². The Morgan fingerprint density at radius 2 is 2.15 bits per heavy atom. The number of hydrogen-bond acceptors (Lipinski definition) is 3. The maximum Gasteiger partial charge on any atom is 0.231 e. The molecule has 0 aliphatic carbocycles. The number of halogens is 1. The Morgan fingerprint density at radius 1 is 1.35 bits per heavy atom. The van der Waals surface area contributed by atoms with E-state index < -0.39 is 0 Å². The summed E-state index contributed by atoms with van der Waals surface area (Å²) in [6.07, 6.45) is 0.511. The SMILES string of the molecule is CNC(c1csc(I)c1)c1ccc2c(c1)CC(=O)N2C. The molecule has 3 rings (SSSR count). The minimum atomic E-state index is 0.170. The molecule has 1 amide bonds. The van der Waals surface area contributed by atoms with E-state index in [-0.39, 0.29) is 11.9 Å². The van der Waals surface area contributed by atoms with Crippen LogP contribution in [0.15, 0.2) is 29.6 Å². The molecule has 2 aromatic rings. The van der Waals surface area contributed by atoms with Crippen LogP contribution in [0.25, 0.3) is 0 Å². The van der Waals surface area contributed by atoms with Crippen molar-refractivity contribution in [3.8, 4) is 0 Å². The van der Waals surface area contributed by atoms with Gasteiger partial charge in [-0.3, -0.25) is 4.79 Å². The predicted molar refractivity (Wildman–Crippen MR) is 91.5 cm³/mol. The fourth-order valence-electron chi connectivity index (χ4n) is 2.67. The van der Waals surface area contributed by atoms with Crippen LogP contribution in [0.1, 0.15) is 22.7 Å². The van der Waals surface area contributed by atoms with Gasteiger partial charge >= 0.3 is 0 Å². The summed E-state index contributed by atoms with van der Waals surface area (Å²) in [4.78, 5) is 13.5. The van der Waals surface area contributed by atoms with Crippen LogP contribution < -0.4 is 10.2 Å². The van der Waals surface area contributed by atoms with Gasteiger partial charge in [-0.2, -0.15) is 0 Å². The number of nitrogens with zero attached hydrogens (tertiary/aromatic N) is 1. The van der Waals surface area contributed by atoms with Gasteiger partial charge in [-0.05, 0) is 63.8 Å². The number of fused-ring (bicyclic) bond motifs is 1. The first-order valence-corrected chi connectivity index (χ1v) is 8.36. The summed E-state index contributed by atoms with van der Waals surface area (Å²) >= 11 is 4.10. The molecular formula is C15H15IN2OS. The van der Waals surface area contributed by atoms with Gasteiger partial charge in [0.2, 0.25) is 5.91 Å². The van der Waals surface area contributed by atoms with Crippen LogP contribution in [0.4, 0.5) is 5.69 Å². The minimum Gasteiger partial charge on any atom is -0.315 e. The first-order valence-electron chi connectivity index (χ1n) is 6.40. The Labute approximate surface area is 136 Å². The van der Waals surface area contributed by atoms with Gasteiger partial charge in [0.25, 0.3) is 0 Å². The summed E-state index contributed by atoms with van der Waals surface area (Å²) in [6.45, 7) is 0. The summed E-state index contributed by atoms with van der Waals surface area (Å²) in [6, 6.07) is 8.71. The largest absolute Gasteiger partial charge is 0.315 e. The van der Waals surface area contributed by atoms with E-state index in [1.54, 1.807) is 16.2 Å². The number of carbonyl (C=O) groups is 1. The van der Waals surface area contributed by atoms with Crippen molar-refractivity contribution in [2.24, 2.45) is 0 Å². The van der Waals surface area contributed by atoms with Crippen molar-refractivity contribution in [1.29, 1.82) is 0 Å². The number of nitrogens with one attached hydrogen (secondary N) is 1. The Balaban J connectivity index is 1.98. The van der Waals surface area contributed by atoms with Gasteiger partial charge in [-0.25, -0.2) is 0 Å². The number of anilines is 1. The molecule has 104 valence electrons. The number of amides is 1. The third kappa shape index (κ3) is 2.38. The lowest BCUT2D eigenvalue weighted by Gasteiger charge is -2.17. The second kappa shape index (κ2) is 5.46. The number of benzene rings is 1. The Morgan fingerprint density at radius 3 is 2.80 bits per heavy atom. The molecule has 0 saturated carbocycles. The van der Waals surface area contributed by atoms with Crippen molar-refractivity contribution >= 4 is 45.5 Å². The lowest BCUT2D eigenvalue weighted by molar-refractivity contribution is -0.117. The maximum atomic E-state index is 11.8. The summed E-state index contributed by atoms with van der Waals surface area (Å²) in [5, 5.41) is 5.55. The van der Waals surface area contributed by atoms with Crippen LogP contribution in [0.3, 0.4) is 0 Å². The van der Waals surface area contributed by atoms with Crippen LogP contribution in [0, 0.1) is 2.88 Å². The highest BCUT2D eigenvalue weighted by atomic mass is 127. The molecule has 0 fully saturated rings. The zero-order chi connectivity index (χ0) is 14.3. The van der Waals surface area contributed by atoms with E-state index in [0.717, 1.165) is 11.3 Å². The third-order valence-electron chi connectivity index (χ3n) is 3.72. The van der Waals surface area contributed by atoms with Crippen molar-refractivity contribution in [3.63, 3.8) is 0 Å². The van der Waals surface area contributed by atoms with Crippen molar-refractivity contribution < 1.29 is 4.79 Å². The molecule has 1 aromatic carbocycles. The summed E-state index contributed by atoms with van der Waals surface area (Å²) in [5.41, 5.74) is 4.65. The van der Waals surface area contributed by atoms with Crippen LogP contribution in [0.5, 0.6) is 0 Å². The van der Waals surface area contributed by atoms with E-state index in [4.69, 9.17) is 0 Å². The average Bonchev–Trinajstić information content (AvgIpc) is 2.96. The van der Waals surface area contributed by atoms with Crippen molar-refractivity contribution in [2.75, 3.05) is 19.0 Å². The minimum absolute atomic E-state index is 0.170. The molecule has 1 atom stereocenters. The summed E-state index contributed by atoms with van der Waals surface area (Å²) < 4.78 is 1.29. The second-order valence-electron chi connectivity index (χ2n) is 4.92. The van der Waals surface area contributed by atoms with Gasteiger partial charge in [0.05, 0.1) is 15.3 Å². The van der Waals surface area contributed by atoms with Crippen molar-refractivity contribution in [2.45, 2.75) is 12.5 Å². The highest BCUT2D eigenvalue weighted by Crippen LogP contribution is 2.33. The average molecular weight is 398 g/mol. The molecule has 3 nitrogen and oxygen atoms in total. The molecule has 20 heavy (non-hydrogen) atoms. The Hall–Kier alpha value is -0.920. The summed E-state index contributed by atoms with van der Waals surface area (Å²) in [7, 11) is 3.81. The molecule has 0 saturated heterocycles. The standard InChI is InChI=1S/C15H15IN2OS/c1-17-15(11-6-13(16)20-8-11)9-3-4-12-10(5-9)7-14(19)18(12)2/h3-6,8,15,17H,7H2,1-2H3. The quantitative estimate of drug-likeness (QED) is 0.806. The van der Waals surface area contributed by atoms with Gasteiger partial charge in [0.1, 0.15) is 0 Å². The molecule has 1 aromatic heterocycles. The third-order valence-corrected chi connectivity index (χ3v) is 5.53. The second-order valence-corrected chi connectivity index (χ2v) is 7.73. The van der Waals surface area contributed by atoms with Crippen LogP contribution in [-0.2, 0) is 11.2 Å². The number of likely N-dealkylation sites (N-methyl/N-ethyl adjacent to an activating group) is 1. The number of thiophene rings is 1. The zero-order valence-corrected chi connectivity index (χ0v) is 14.3. The molecule has 0 radical (unpaired) electrons. The first kappa shape index (κ1) is 14.0. The van der Waals surface area contributed by atoms with Crippen LogP contribution in [-0.4, -0.2) is 20.0 Å². The van der Waals surface area contributed by atoms with Gasteiger partial charge in [0, 0.05) is 12.7 Å². The molecule has 2 heterocycles. The van der Waals surface area contributed by atoms with E-state index >= 15 is 0 Å². The van der Waals surface area contributed by atoms with Crippen molar-refractivity contribution in [3.05, 3.63) is 49.2 Å². The number of carbonyl (C=O) groups excluding carboxylic acids is 1. The van der Waals surface area contributed by atoms with E-state index in [9.17, 15) is 4.79 Å². The monoisotopic (exact) mass is 398 g/mol. The number of hydrogen-bond donors (Lipinski definition) is 1.